The van der Waals surface area contributed by atoms with Crippen molar-refractivity contribution in [2.45, 2.75) is 32.2 Å². The van der Waals surface area contributed by atoms with E-state index in [4.69, 9.17) is 10.5 Å². The third-order valence-corrected chi connectivity index (χ3v) is 2.74. The molecular weight excluding hydrogens is 164 g/mol. The Hall–Kier alpha value is -0.120. The molecule has 78 valence electrons. The Labute approximate surface area is 81.2 Å². The molecule has 1 rings (SSSR count). The van der Waals surface area contributed by atoms with Gasteiger partial charge in [-0.3, -0.25) is 4.90 Å². The fourth-order valence-electron chi connectivity index (χ4n) is 1.97. The minimum Gasteiger partial charge on any atom is -0.380 e. The van der Waals surface area contributed by atoms with Crippen LogP contribution in [0.2, 0.25) is 0 Å². The standard InChI is InChI=1S/C10H22N2O/c1-2-10(4-5-11)12-6-3-8-13-9-7-12/h10H,2-9,11H2,1H3. The number of ether oxygens (including phenoxy) is 1. The van der Waals surface area contributed by atoms with Crippen LogP contribution in [0, 0.1) is 0 Å². The van der Waals surface area contributed by atoms with Crippen LogP contribution < -0.4 is 5.73 Å². The summed E-state index contributed by atoms with van der Waals surface area (Å²) in [5, 5.41) is 0. The summed E-state index contributed by atoms with van der Waals surface area (Å²) in [7, 11) is 0. The Morgan fingerprint density at radius 1 is 1.38 bits per heavy atom. The van der Waals surface area contributed by atoms with Crippen LogP contribution >= 0.6 is 0 Å². The Balaban J connectivity index is 2.35. The second-order valence-electron chi connectivity index (χ2n) is 3.64. The van der Waals surface area contributed by atoms with Crippen LogP contribution in [0.25, 0.3) is 0 Å². The van der Waals surface area contributed by atoms with E-state index in [9.17, 15) is 0 Å². The summed E-state index contributed by atoms with van der Waals surface area (Å²) in [5.41, 5.74) is 5.59. The topological polar surface area (TPSA) is 38.5 Å². The Bertz CT molecular complexity index is 122. The monoisotopic (exact) mass is 186 g/mol. The summed E-state index contributed by atoms with van der Waals surface area (Å²) in [5.74, 6) is 0. The summed E-state index contributed by atoms with van der Waals surface area (Å²) in [4.78, 5) is 2.53. The quantitative estimate of drug-likeness (QED) is 0.707. The second-order valence-corrected chi connectivity index (χ2v) is 3.64. The Morgan fingerprint density at radius 2 is 2.23 bits per heavy atom. The predicted octanol–water partition coefficient (Wildman–Crippen LogP) is 0.836. The van der Waals surface area contributed by atoms with Crippen LogP contribution in [-0.4, -0.2) is 43.8 Å². The zero-order valence-electron chi connectivity index (χ0n) is 8.67. The lowest BCUT2D eigenvalue weighted by Gasteiger charge is -2.28. The van der Waals surface area contributed by atoms with Crippen molar-refractivity contribution >= 4 is 0 Å². The molecule has 1 aliphatic heterocycles. The number of nitrogens with two attached hydrogens (primary N) is 1. The van der Waals surface area contributed by atoms with Crippen molar-refractivity contribution in [1.29, 1.82) is 0 Å². The first-order valence-electron chi connectivity index (χ1n) is 5.40. The largest absolute Gasteiger partial charge is 0.380 e. The molecule has 0 saturated carbocycles. The molecule has 0 aromatic rings. The first-order valence-corrected chi connectivity index (χ1v) is 5.40. The maximum Gasteiger partial charge on any atom is 0.0593 e. The summed E-state index contributed by atoms with van der Waals surface area (Å²) in [6.07, 6.45) is 3.49. The van der Waals surface area contributed by atoms with E-state index in [1.807, 2.05) is 0 Å². The highest BCUT2D eigenvalue weighted by Crippen LogP contribution is 2.10. The van der Waals surface area contributed by atoms with Gasteiger partial charge in [0.1, 0.15) is 0 Å². The average molecular weight is 186 g/mol. The fourth-order valence-corrected chi connectivity index (χ4v) is 1.97. The Morgan fingerprint density at radius 3 is 2.92 bits per heavy atom. The predicted molar refractivity (Wildman–Crippen MR) is 54.8 cm³/mol. The van der Waals surface area contributed by atoms with E-state index in [0.29, 0.717) is 6.04 Å². The maximum absolute atomic E-state index is 5.59. The molecule has 13 heavy (non-hydrogen) atoms. The summed E-state index contributed by atoms with van der Waals surface area (Å²) < 4.78 is 5.42. The van der Waals surface area contributed by atoms with Crippen molar-refractivity contribution in [3.05, 3.63) is 0 Å². The van der Waals surface area contributed by atoms with E-state index in [0.717, 1.165) is 32.7 Å². The molecule has 1 aliphatic rings. The van der Waals surface area contributed by atoms with Crippen LogP contribution in [-0.2, 0) is 4.74 Å². The molecule has 2 N–H and O–H groups in total. The second kappa shape index (κ2) is 6.35. The van der Waals surface area contributed by atoms with Crippen molar-refractivity contribution in [2.75, 3.05) is 32.8 Å². The van der Waals surface area contributed by atoms with Crippen LogP contribution in [0.4, 0.5) is 0 Å². The van der Waals surface area contributed by atoms with Crippen LogP contribution in [0.5, 0.6) is 0 Å². The SMILES string of the molecule is CCC(CCN)N1CCCOCC1. The fraction of sp³-hybridized carbons (Fsp3) is 1.00. The van der Waals surface area contributed by atoms with Gasteiger partial charge in [-0.25, -0.2) is 0 Å². The molecule has 0 aliphatic carbocycles. The van der Waals surface area contributed by atoms with E-state index in [2.05, 4.69) is 11.8 Å². The van der Waals surface area contributed by atoms with Gasteiger partial charge in [-0.15, -0.1) is 0 Å². The van der Waals surface area contributed by atoms with E-state index >= 15 is 0 Å². The van der Waals surface area contributed by atoms with E-state index in [-0.39, 0.29) is 0 Å². The van der Waals surface area contributed by atoms with Crippen molar-refractivity contribution < 1.29 is 4.74 Å². The molecule has 1 saturated heterocycles. The number of hydrogen-bond acceptors (Lipinski definition) is 3. The smallest absolute Gasteiger partial charge is 0.0593 e. The van der Waals surface area contributed by atoms with Gasteiger partial charge in [0.05, 0.1) is 6.61 Å². The van der Waals surface area contributed by atoms with Crippen molar-refractivity contribution in [3.8, 4) is 0 Å². The molecule has 0 spiro atoms. The molecule has 3 heteroatoms. The number of nitrogens with zero attached hydrogens (tertiary/aromatic N) is 1. The molecule has 1 fully saturated rings. The highest BCUT2D eigenvalue weighted by Gasteiger charge is 2.17. The zero-order valence-corrected chi connectivity index (χ0v) is 8.67. The molecule has 0 amide bonds. The van der Waals surface area contributed by atoms with E-state index in [1.54, 1.807) is 0 Å². The molecular formula is C10H22N2O. The highest BCUT2D eigenvalue weighted by molar-refractivity contribution is 4.72. The third kappa shape index (κ3) is 3.63. The van der Waals surface area contributed by atoms with Gasteiger partial charge in [0.25, 0.3) is 0 Å². The van der Waals surface area contributed by atoms with Crippen LogP contribution in [0.15, 0.2) is 0 Å². The summed E-state index contributed by atoms with van der Waals surface area (Å²) in [6, 6.07) is 0.673. The van der Waals surface area contributed by atoms with E-state index in [1.165, 1.54) is 19.4 Å². The molecule has 0 aromatic carbocycles. The first-order chi connectivity index (χ1) is 6.38. The molecule has 0 bridgehead atoms. The lowest BCUT2D eigenvalue weighted by atomic mass is 10.1. The zero-order chi connectivity index (χ0) is 9.52. The average Bonchev–Trinajstić information content (AvgIpc) is 2.42. The van der Waals surface area contributed by atoms with Gasteiger partial charge >= 0.3 is 0 Å². The molecule has 3 nitrogen and oxygen atoms in total. The van der Waals surface area contributed by atoms with Gasteiger partial charge in [0, 0.05) is 25.7 Å². The molecule has 1 unspecified atom stereocenters. The molecule has 1 heterocycles. The van der Waals surface area contributed by atoms with Crippen molar-refractivity contribution in [1.82, 2.24) is 4.90 Å². The van der Waals surface area contributed by atoms with Gasteiger partial charge < -0.3 is 10.5 Å². The van der Waals surface area contributed by atoms with Gasteiger partial charge in [-0.05, 0) is 25.8 Å². The van der Waals surface area contributed by atoms with Gasteiger partial charge in [0.2, 0.25) is 0 Å². The Kier molecular flexibility index (Phi) is 5.35. The van der Waals surface area contributed by atoms with Gasteiger partial charge in [-0.2, -0.15) is 0 Å². The molecule has 1 atom stereocenters. The minimum atomic E-state index is 0.673. The lowest BCUT2D eigenvalue weighted by Crippen LogP contribution is -2.38. The van der Waals surface area contributed by atoms with Crippen molar-refractivity contribution in [2.24, 2.45) is 5.73 Å². The van der Waals surface area contributed by atoms with Gasteiger partial charge in [0.15, 0.2) is 0 Å². The van der Waals surface area contributed by atoms with Crippen LogP contribution in [0.3, 0.4) is 0 Å². The maximum atomic E-state index is 5.59. The molecule has 0 radical (unpaired) electrons. The lowest BCUT2D eigenvalue weighted by molar-refractivity contribution is 0.129. The van der Waals surface area contributed by atoms with E-state index < -0.39 is 0 Å². The summed E-state index contributed by atoms with van der Waals surface area (Å²) >= 11 is 0. The highest BCUT2D eigenvalue weighted by atomic mass is 16.5. The third-order valence-electron chi connectivity index (χ3n) is 2.74. The van der Waals surface area contributed by atoms with Crippen LogP contribution in [0.1, 0.15) is 26.2 Å². The number of hydrogen-bond donors (Lipinski definition) is 1. The molecule has 0 aromatic heterocycles. The normalized spacial score (nSPS) is 22.6. The first kappa shape index (κ1) is 11.0. The van der Waals surface area contributed by atoms with Crippen molar-refractivity contribution in [3.63, 3.8) is 0 Å². The summed E-state index contributed by atoms with van der Waals surface area (Å²) in [6.45, 7) is 7.12. The number of rotatable bonds is 4. The van der Waals surface area contributed by atoms with Gasteiger partial charge in [-0.1, -0.05) is 6.92 Å². The minimum absolute atomic E-state index is 0.673.